The highest BCUT2D eigenvalue weighted by molar-refractivity contribution is 5.78. The molecule has 1 N–H and O–H groups in total. The summed E-state index contributed by atoms with van der Waals surface area (Å²) < 4.78 is 5.20. The zero-order valence-electron chi connectivity index (χ0n) is 12.5. The number of β-amino-alcohol motifs (C(OH)–C–C–N with tert-alkyl or cyclic N) is 1. The van der Waals surface area contributed by atoms with Gasteiger partial charge in [-0.2, -0.15) is 0 Å². The Morgan fingerprint density at radius 2 is 1.89 bits per heavy atom. The van der Waals surface area contributed by atoms with Crippen molar-refractivity contribution in [2.24, 2.45) is 5.92 Å². The number of hydrogen-bond donors (Lipinski definition) is 1. The van der Waals surface area contributed by atoms with Crippen molar-refractivity contribution in [3.05, 3.63) is 0 Å². The molecule has 19 heavy (non-hydrogen) atoms. The van der Waals surface area contributed by atoms with Crippen LogP contribution >= 0.6 is 0 Å². The Bertz CT molecular complexity index is 265. The molecule has 0 radical (unpaired) electrons. The van der Waals surface area contributed by atoms with Gasteiger partial charge >= 0.3 is 0 Å². The van der Waals surface area contributed by atoms with Crippen LogP contribution in [0.15, 0.2) is 0 Å². The maximum atomic E-state index is 12.0. The van der Waals surface area contributed by atoms with Gasteiger partial charge in [0.1, 0.15) is 0 Å². The SMILES string of the molecule is CCOC[C@H](O)CN1CCN(C(=O)[C@H](C)CC)CC1. The first-order chi connectivity index (χ1) is 9.08. The molecule has 112 valence electrons. The second kappa shape index (κ2) is 8.51. The first-order valence-electron chi connectivity index (χ1n) is 7.35. The number of aliphatic hydroxyl groups excluding tert-OH is 1. The molecule has 0 aromatic rings. The third kappa shape index (κ3) is 5.47. The molecule has 2 atom stereocenters. The van der Waals surface area contributed by atoms with E-state index < -0.39 is 6.10 Å². The molecule has 1 saturated heterocycles. The van der Waals surface area contributed by atoms with Gasteiger partial charge in [0.25, 0.3) is 0 Å². The topological polar surface area (TPSA) is 53.0 Å². The van der Waals surface area contributed by atoms with Crippen LogP contribution in [0.3, 0.4) is 0 Å². The Kier molecular flexibility index (Phi) is 7.34. The minimum atomic E-state index is -0.434. The fraction of sp³-hybridized carbons (Fsp3) is 0.929. The lowest BCUT2D eigenvalue weighted by Crippen LogP contribution is -2.51. The molecule has 0 aromatic heterocycles. The average molecular weight is 272 g/mol. The number of hydrogen-bond acceptors (Lipinski definition) is 4. The first-order valence-corrected chi connectivity index (χ1v) is 7.35. The van der Waals surface area contributed by atoms with E-state index in [0.29, 0.717) is 19.8 Å². The van der Waals surface area contributed by atoms with Crippen molar-refractivity contribution in [2.75, 3.05) is 45.9 Å². The zero-order valence-corrected chi connectivity index (χ0v) is 12.5. The summed E-state index contributed by atoms with van der Waals surface area (Å²) in [7, 11) is 0. The van der Waals surface area contributed by atoms with Crippen molar-refractivity contribution in [1.82, 2.24) is 9.80 Å². The molecular weight excluding hydrogens is 244 g/mol. The second-order valence-electron chi connectivity index (χ2n) is 5.25. The smallest absolute Gasteiger partial charge is 0.225 e. The van der Waals surface area contributed by atoms with E-state index >= 15 is 0 Å². The molecule has 5 heteroatoms. The van der Waals surface area contributed by atoms with Crippen LogP contribution in [0, 0.1) is 5.92 Å². The van der Waals surface area contributed by atoms with Gasteiger partial charge in [-0.25, -0.2) is 0 Å². The van der Waals surface area contributed by atoms with Crippen molar-refractivity contribution in [3.8, 4) is 0 Å². The summed E-state index contributed by atoms with van der Waals surface area (Å²) in [4.78, 5) is 16.2. The van der Waals surface area contributed by atoms with Crippen LogP contribution in [0.25, 0.3) is 0 Å². The van der Waals surface area contributed by atoms with E-state index in [1.807, 2.05) is 25.7 Å². The molecule has 1 amide bonds. The van der Waals surface area contributed by atoms with Gasteiger partial charge in [0.05, 0.1) is 12.7 Å². The standard InChI is InChI=1S/C14H28N2O3/c1-4-12(3)14(18)16-8-6-15(7-9-16)10-13(17)11-19-5-2/h12-13,17H,4-11H2,1-3H3/t12-,13-/m1/s1. The molecule has 1 aliphatic heterocycles. The van der Waals surface area contributed by atoms with Crippen LogP contribution < -0.4 is 0 Å². The van der Waals surface area contributed by atoms with Crippen molar-refractivity contribution < 1.29 is 14.6 Å². The van der Waals surface area contributed by atoms with E-state index in [-0.39, 0.29) is 11.8 Å². The molecule has 5 nitrogen and oxygen atoms in total. The molecule has 0 spiro atoms. The number of ether oxygens (including phenoxy) is 1. The summed E-state index contributed by atoms with van der Waals surface area (Å²) in [5.74, 6) is 0.382. The summed E-state index contributed by atoms with van der Waals surface area (Å²) in [6, 6.07) is 0. The highest BCUT2D eigenvalue weighted by atomic mass is 16.5. The zero-order chi connectivity index (χ0) is 14.3. The number of piperazine rings is 1. The van der Waals surface area contributed by atoms with Crippen molar-refractivity contribution in [3.63, 3.8) is 0 Å². The van der Waals surface area contributed by atoms with E-state index in [4.69, 9.17) is 4.74 Å². The highest BCUT2D eigenvalue weighted by Gasteiger charge is 2.24. The minimum absolute atomic E-state index is 0.120. The van der Waals surface area contributed by atoms with Crippen LogP contribution in [0.2, 0.25) is 0 Å². The lowest BCUT2D eigenvalue weighted by Gasteiger charge is -2.36. The number of carbonyl (C=O) groups is 1. The number of nitrogens with zero attached hydrogens (tertiary/aromatic N) is 2. The van der Waals surface area contributed by atoms with Gasteiger partial charge in [-0.05, 0) is 13.3 Å². The summed E-state index contributed by atoms with van der Waals surface area (Å²) >= 11 is 0. The van der Waals surface area contributed by atoms with Gasteiger partial charge < -0.3 is 14.7 Å². The lowest BCUT2D eigenvalue weighted by molar-refractivity contribution is -0.137. The Morgan fingerprint density at radius 3 is 2.42 bits per heavy atom. The normalized spacial score (nSPS) is 20.3. The molecule has 0 bridgehead atoms. The van der Waals surface area contributed by atoms with Gasteiger partial charge in [-0.1, -0.05) is 13.8 Å². The fourth-order valence-corrected chi connectivity index (χ4v) is 2.24. The third-order valence-corrected chi connectivity index (χ3v) is 3.70. The largest absolute Gasteiger partial charge is 0.389 e. The first kappa shape index (κ1) is 16.4. The van der Waals surface area contributed by atoms with Gasteiger partial charge in [0.2, 0.25) is 5.91 Å². The summed E-state index contributed by atoms with van der Waals surface area (Å²) in [5, 5.41) is 9.79. The predicted molar refractivity (Wildman–Crippen MR) is 75.0 cm³/mol. The Balaban J connectivity index is 2.27. The maximum absolute atomic E-state index is 12.0. The fourth-order valence-electron chi connectivity index (χ4n) is 2.24. The van der Waals surface area contributed by atoms with Crippen molar-refractivity contribution in [1.29, 1.82) is 0 Å². The van der Waals surface area contributed by atoms with Crippen LogP contribution in [0.4, 0.5) is 0 Å². The molecule has 1 rings (SSSR count). The Labute approximate surface area is 116 Å². The lowest BCUT2D eigenvalue weighted by atomic mass is 10.1. The molecule has 1 aliphatic rings. The summed E-state index contributed by atoms with van der Waals surface area (Å²) in [6.07, 6.45) is 0.461. The molecule has 1 heterocycles. The average Bonchev–Trinajstić information content (AvgIpc) is 2.44. The minimum Gasteiger partial charge on any atom is -0.389 e. The number of carbonyl (C=O) groups excluding carboxylic acids is 1. The van der Waals surface area contributed by atoms with E-state index in [2.05, 4.69) is 4.90 Å². The van der Waals surface area contributed by atoms with Gasteiger partial charge in [0.15, 0.2) is 0 Å². The molecule has 0 saturated carbocycles. The van der Waals surface area contributed by atoms with Gasteiger partial charge in [-0.3, -0.25) is 9.69 Å². The molecule has 0 aliphatic carbocycles. The maximum Gasteiger partial charge on any atom is 0.225 e. The van der Waals surface area contributed by atoms with Crippen LogP contribution in [-0.2, 0) is 9.53 Å². The molecule has 1 fully saturated rings. The summed E-state index contributed by atoms with van der Waals surface area (Å²) in [6.45, 7) is 10.8. The van der Waals surface area contributed by atoms with Gasteiger partial charge in [-0.15, -0.1) is 0 Å². The van der Waals surface area contributed by atoms with E-state index in [0.717, 1.165) is 32.6 Å². The summed E-state index contributed by atoms with van der Waals surface area (Å²) in [5.41, 5.74) is 0. The van der Waals surface area contributed by atoms with E-state index in [1.54, 1.807) is 0 Å². The Hall–Kier alpha value is -0.650. The van der Waals surface area contributed by atoms with Crippen molar-refractivity contribution >= 4 is 5.91 Å². The molecule has 0 aromatic carbocycles. The number of amides is 1. The predicted octanol–water partition coefficient (Wildman–Crippen LogP) is 0.574. The van der Waals surface area contributed by atoms with Crippen molar-refractivity contribution in [2.45, 2.75) is 33.3 Å². The van der Waals surface area contributed by atoms with E-state index in [9.17, 15) is 9.90 Å². The second-order valence-corrected chi connectivity index (χ2v) is 5.25. The van der Waals surface area contributed by atoms with E-state index in [1.165, 1.54) is 0 Å². The number of rotatable bonds is 7. The molecule has 0 unspecified atom stereocenters. The Morgan fingerprint density at radius 1 is 1.26 bits per heavy atom. The highest BCUT2D eigenvalue weighted by Crippen LogP contribution is 2.10. The van der Waals surface area contributed by atoms with Gasteiger partial charge in [0, 0.05) is 45.2 Å². The van der Waals surface area contributed by atoms with Crippen LogP contribution in [0.1, 0.15) is 27.2 Å². The van der Waals surface area contributed by atoms with Crippen LogP contribution in [0.5, 0.6) is 0 Å². The van der Waals surface area contributed by atoms with Crippen LogP contribution in [-0.4, -0.2) is 72.9 Å². The monoisotopic (exact) mass is 272 g/mol. The molecular formula is C14H28N2O3. The number of aliphatic hydroxyl groups is 1. The quantitative estimate of drug-likeness (QED) is 0.736. The third-order valence-electron chi connectivity index (χ3n) is 3.70.